The number of benzene rings is 1. The molecule has 0 aliphatic rings. The molecule has 6 heteroatoms. The van der Waals surface area contributed by atoms with E-state index in [0.29, 0.717) is 0 Å². The maximum Gasteiger partial charge on any atom is 0.158 e. The van der Waals surface area contributed by atoms with E-state index in [4.69, 9.17) is 10.6 Å². The van der Waals surface area contributed by atoms with Gasteiger partial charge < -0.3 is 20.3 Å². The number of nitrogens with zero attached hydrogens (tertiary/aromatic N) is 3. The highest BCUT2D eigenvalue weighted by molar-refractivity contribution is 5.98. The van der Waals surface area contributed by atoms with E-state index in [1.54, 1.807) is 10.9 Å². The zero-order valence-electron chi connectivity index (χ0n) is 14.2. The molecule has 0 spiro atoms. The molecule has 3 aromatic heterocycles. The number of ether oxygens (including phenoxy) is 1. The molecule has 25 heavy (non-hydrogen) atoms. The molecule has 3 heterocycles. The fourth-order valence-corrected chi connectivity index (χ4v) is 3.18. The predicted molar refractivity (Wildman–Crippen MR) is 99.0 cm³/mol. The number of fused-ring (bicyclic) bond motifs is 2. The van der Waals surface area contributed by atoms with Crippen LogP contribution in [0, 0.1) is 0 Å². The first-order valence-corrected chi connectivity index (χ1v) is 8.17. The summed E-state index contributed by atoms with van der Waals surface area (Å²) in [6.45, 7) is 1.81. The maximum atomic E-state index is 9.21. The van der Waals surface area contributed by atoms with Crippen LogP contribution in [0.1, 0.15) is 6.92 Å². The second-order valence-electron chi connectivity index (χ2n) is 6.26. The Balaban J connectivity index is 1.91. The lowest BCUT2D eigenvalue weighted by Gasteiger charge is -2.12. The van der Waals surface area contributed by atoms with Crippen molar-refractivity contribution < 1.29 is 9.84 Å². The zero-order chi connectivity index (χ0) is 17.6. The molecule has 6 nitrogen and oxygen atoms in total. The van der Waals surface area contributed by atoms with Crippen LogP contribution in [0.25, 0.3) is 33.2 Å². The Morgan fingerprint density at radius 2 is 2.12 bits per heavy atom. The molecule has 0 bridgehead atoms. The summed E-state index contributed by atoms with van der Waals surface area (Å²) < 4.78 is 9.43. The smallest absolute Gasteiger partial charge is 0.158 e. The van der Waals surface area contributed by atoms with Crippen molar-refractivity contribution in [3.05, 3.63) is 48.8 Å². The Kier molecular flexibility index (Phi) is 3.62. The van der Waals surface area contributed by atoms with E-state index in [9.17, 15) is 5.11 Å². The molecular weight excluding hydrogens is 316 g/mol. The molecule has 0 aliphatic carbocycles. The molecule has 0 amide bonds. The average Bonchev–Trinajstić information content (AvgIpc) is 3.12. The van der Waals surface area contributed by atoms with Crippen LogP contribution in [0.2, 0.25) is 0 Å². The number of nitrogens with two attached hydrogens (primary N) is 1. The molecular formula is C19H20N4O2. The molecule has 4 rings (SSSR count). The van der Waals surface area contributed by atoms with E-state index >= 15 is 0 Å². The van der Waals surface area contributed by atoms with Gasteiger partial charge in [0.2, 0.25) is 0 Å². The van der Waals surface area contributed by atoms with E-state index in [0.717, 1.165) is 38.9 Å². The summed E-state index contributed by atoms with van der Waals surface area (Å²) in [4.78, 5) is 4.36. The maximum absolute atomic E-state index is 9.21. The minimum absolute atomic E-state index is 0.0254. The lowest BCUT2D eigenvalue weighted by molar-refractivity contribution is 0.130. The summed E-state index contributed by atoms with van der Waals surface area (Å²) >= 11 is 0. The van der Waals surface area contributed by atoms with Gasteiger partial charge in [-0.05, 0) is 43.3 Å². The van der Waals surface area contributed by atoms with Gasteiger partial charge in [-0.3, -0.25) is 0 Å². The van der Waals surface area contributed by atoms with Gasteiger partial charge in [-0.25, -0.2) is 9.66 Å². The van der Waals surface area contributed by atoms with Crippen molar-refractivity contribution in [3.63, 3.8) is 0 Å². The molecule has 128 valence electrons. The Bertz CT molecular complexity index is 1060. The third-order valence-electron chi connectivity index (χ3n) is 4.43. The van der Waals surface area contributed by atoms with Crippen LogP contribution < -0.4 is 10.6 Å². The predicted octanol–water partition coefficient (Wildman–Crippen LogP) is 2.67. The average molecular weight is 336 g/mol. The molecule has 0 saturated heterocycles. The van der Waals surface area contributed by atoms with Gasteiger partial charge >= 0.3 is 0 Å². The number of aromatic nitrogens is 3. The molecule has 0 saturated carbocycles. The van der Waals surface area contributed by atoms with Crippen molar-refractivity contribution >= 4 is 21.9 Å². The zero-order valence-corrected chi connectivity index (χ0v) is 14.2. The second kappa shape index (κ2) is 5.82. The number of aliphatic hydroxyl groups is 1. The summed E-state index contributed by atoms with van der Waals surface area (Å²) in [5, 5.41) is 11.2. The molecule has 0 radical (unpaired) electrons. The lowest BCUT2D eigenvalue weighted by atomic mass is 10.1. The van der Waals surface area contributed by atoms with Gasteiger partial charge in [-0.1, -0.05) is 0 Å². The molecule has 0 fully saturated rings. The van der Waals surface area contributed by atoms with Gasteiger partial charge in [0.25, 0.3) is 0 Å². The molecule has 3 N–H and O–H groups in total. The molecule has 1 unspecified atom stereocenters. The van der Waals surface area contributed by atoms with Crippen LogP contribution in [-0.2, 0) is 7.05 Å². The summed E-state index contributed by atoms with van der Waals surface area (Å²) in [5.41, 5.74) is 3.74. The number of pyridine rings is 1. The van der Waals surface area contributed by atoms with Crippen molar-refractivity contribution in [3.8, 4) is 17.0 Å². The minimum Gasteiger partial charge on any atom is -0.488 e. The first-order chi connectivity index (χ1) is 12.1. The highest BCUT2D eigenvalue weighted by Gasteiger charge is 2.16. The first kappa shape index (κ1) is 15.5. The fraction of sp³-hybridized carbons (Fsp3) is 0.211. The van der Waals surface area contributed by atoms with Crippen molar-refractivity contribution in [2.75, 3.05) is 12.4 Å². The standard InChI is InChI=1S/C19H20N4O2/c1-12(11-24)25-14-5-6-17-15(9-14)16(10-22(17)2)18-8-13-4-3-7-21-19(13)23(18)20/h3-10,12,24H,11,20H2,1-2H3. The van der Waals surface area contributed by atoms with E-state index in [1.807, 2.05) is 50.4 Å². The summed E-state index contributed by atoms with van der Waals surface area (Å²) in [6.07, 6.45) is 3.54. The third kappa shape index (κ3) is 2.51. The molecule has 4 aromatic rings. The Labute approximate surface area is 145 Å². The number of rotatable bonds is 4. The summed E-state index contributed by atoms with van der Waals surface area (Å²) in [7, 11) is 2.00. The number of hydrogen-bond donors (Lipinski definition) is 2. The van der Waals surface area contributed by atoms with E-state index in [1.165, 1.54) is 0 Å². The van der Waals surface area contributed by atoms with Crippen LogP contribution in [0.3, 0.4) is 0 Å². The summed E-state index contributed by atoms with van der Waals surface area (Å²) in [5.74, 6) is 7.01. The topological polar surface area (TPSA) is 78.2 Å². The van der Waals surface area contributed by atoms with Crippen molar-refractivity contribution in [2.45, 2.75) is 13.0 Å². The monoisotopic (exact) mass is 336 g/mol. The first-order valence-electron chi connectivity index (χ1n) is 8.17. The van der Waals surface area contributed by atoms with Crippen LogP contribution in [0.5, 0.6) is 5.75 Å². The molecule has 1 atom stereocenters. The lowest BCUT2D eigenvalue weighted by Crippen LogP contribution is -2.16. The quantitative estimate of drug-likeness (QED) is 0.562. The normalized spacial score (nSPS) is 12.8. The SMILES string of the molecule is CC(CO)Oc1ccc2c(c1)c(-c1cc3cccnc3n1N)cn2C. The van der Waals surface area contributed by atoms with Crippen LogP contribution in [0.4, 0.5) is 0 Å². The van der Waals surface area contributed by atoms with Gasteiger partial charge in [-0.15, -0.1) is 0 Å². The highest BCUT2D eigenvalue weighted by Crippen LogP contribution is 2.34. The molecule has 1 aromatic carbocycles. The summed E-state index contributed by atoms with van der Waals surface area (Å²) in [6, 6.07) is 11.9. The van der Waals surface area contributed by atoms with Gasteiger partial charge in [0.1, 0.15) is 11.9 Å². The van der Waals surface area contributed by atoms with Crippen molar-refractivity contribution in [1.29, 1.82) is 0 Å². The Hall–Kier alpha value is -2.99. The molecule has 0 aliphatic heterocycles. The third-order valence-corrected chi connectivity index (χ3v) is 4.43. The van der Waals surface area contributed by atoms with Crippen LogP contribution >= 0.6 is 0 Å². The van der Waals surface area contributed by atoms with Gasteiger partial charge in [0.05, 0.1) is 12.3 Å². The van der Waals surface area contributed by atoms with Crippen molar-refractivity contribution in [1.82, 2.24) is 14.2 Å². The Morgan fingerprint density at radius 1 is 1.28 bits per heavy atom. The number of hydrogen-bond acceptors (Lipinski definition) is 4. The number of aryl methyl sites for hydroxylation is 1. The van der Waals surface area contributed by atoms with Crippen LogP contribution in [-0.4, -0.2) is 32.0 Å². The highest BCUT2D eigenvalue weighted by atomic mass is 16.5. The number of aliphatic hydroxyl groups excluding tert-OH is 1. The number of nitrogen functional groups attached to an aromatic ring is 1. The van der Waals surface area contributed by atoms with E-state index < -0.39 is 0 Å². The second-order valence-corrected chi connectivity index (χ2v) is 6.26. The van der Waals surface area contributed by atoms with E-state index in [-0.39, 0.29) is 12.7 Å². The van der Waals surface area contributed by atoms with E-state index in [2.05, 4.69) is 15.7 Å². The fourth-order valence-electron chi connectivity index (χ4n) is 3.18. The van der Waals surface area contributed by atoms with Gasteiger partial charge in [0.15, 0.2) is 5.65 Å². The van der Waals surface area contributed by atoms with Crippen LogP contribution in [0.15, 0.2) is 48.8 Å². The van der Waals surface area contributed by atoms with Crippen molar-refractivity contribution in [2.24, 2.45) is 7.05 Å². The van der Waals surface area contributed by atoms with Gasteiger partial charge in [-0.2, -0.15) is 0 Å². The Morgan fingerprint density at radius 3 is 2.88 bits per heavy atom. The van der Waals surface area contributed by atoms with Gasteiger partial charge in [0, 0.05) is 41.3 Å². The minimum atomic E-state index is -0.255. The largest absolute Gasteiger partial charge is 0.488 e.